The molecule has 1 aliphatic rings. The molecule has 0 amide bonds. The van der Waals surface area contributed by atoms with Crippen molar-refractivity contribution in [1.82, 2.24) is 0 Å². The van der Waals surface area contributed by atoms with E-state index in [1.54, 1.807) is 7.11 Å². The third kappa shape index (κ3) is 4.71. The fourth-order valence-electron chi connectivity index (χ4n) is 3.73. The molecule has 0 bridgehead atoms. The summed E-state index contributed by atoms with van der Waals surface area (Å²) in [5.74, 6) is 1.11. The number of oxime groups is 1. The Morgan fingerprint density at radius 2 is 1.63 bits per heavy atom. The van der Waals surface area contributed by atoms with Crippen LogP contribution < -0.4 is 4.74 Å². The molecule has 0 spiro atoms. The van der Waals surface area contributed by atoms with Gasteiger partial charge in [0.25, 0.3) is 0 Å². The Labute approximate surface area is 178 Å². The molecule has 2 unspecified atom stereocenters. The van der Waals surface area contributed by atoms with E-state index in [2.05, 4.69) is 66.7 Å². The van der Waals surface area contributed by atoms with Gasteiger partial charge in [0.1, 0.15) is 11.9 Å². The summed E-state index contributed by atoms with van der Waals surface area (Å²) in [5.41, 5.74) is 5.54. The first kappa shape index (κ1) is 20.2. The van der Waals surface area contributed by atoms with Gasteiger partial charge in [0.2, 0.25) is 0 Å². The second kappa shape index (κ2) is 9.59. The summed E-state index contributed by atoms with van der Waals surface area (Å²) in [6.07, 6.45) is 0.926. The molecule has 0 aliphatic carbocycles. The van der Waals surface area contributed by atoms with Crippen molar-refractivity contribution in [2.24, 2.45) is 11.1 Å². The van der Waals surface area contributed by atoms with Crippen molar-refractivity contribution in [3.8, 4) is 16.9 Å². The van der Waals surface area contributed by atoms with E-state index >= 15 is 0 Å². The van der Waals surface area contributed by atoms with E-state index in [0.717, 1.165) is 34.6 Å². The van der Waals surface area contributed by atoms with Gasteiger partial charge in [-0.25, -0.2) is 0 Å². The van der Waals surface area contributed by atoms with Crippen molar-refractivity contribution in [2.45, 2.75) is 26.1 Å². The van der Waals surface area contributed by atoms with Gasteiger partial charge < -0.3 is 14.3 Å². The molecular formula is C26H27NO3. The molecule has 3 aromatic carbocycles. The maximum absolute atomic E-state index is 5.98. The van der Waals surface area contributed by atoms with E-state index in [-0.39, 0.29) is 12.0 Å². The Morgan fingerprint density at radius 1 is 0.867 bits per heavy atom. The number of rotatable bonds is 8. The van der Waals surface area contributed by atoms with Crippen molar-refractivity contribution in [1.29, 1.82) is 0 Å². The number of methoxy groups -OCH3 is 1. The number of ether oxygens (including phenoxy) is 2. The maximum Gasteiger partial charge on any atom is 0.139 e. The lowest BCUT2D eigenvalue weighted by molar-refractivity contribution is 0.0660. The average Bonchev–Trinajstić information content (AvgIpc) is 3.14. The van der Waals surface area contributed by atoms with Crippen LogP contribution in [0.4, 0.5) is 0 Å². The van der Waals surface area contributed by atoms with E-state index in [1.807, 2.05) is 24.3 Å². The highest BCUT2D eigenvalue weighted by Gasteiger charge is 2.30. The summed E-state index contributed by atoms with van der Waals surface area (Å²) in [6.45, 7) is 3.16. The van der Waals surface area contributed by atoms with Crippen LogP contribution in [-0.2, 0) is 22.6 Å². The average molecular weight is 402 g/mol. The first-order valence-corrected chi connectivity index (χ1v) is 10.3. The quantitative estimate of drug-likeness (QED) is 0.499. The number of para-hydroxylation sites is 1. The zero-order chi connectivity index (χ0) is 20.8. The molecule has 0 radical (unpaired) electrons. The Kier molecular flexibility index (Phi) is 6.45. The number of benzene rings is 3. The van der Waals surface area contributed by atoms with Crippen molar-refractivity contribution in [3.63, 3.8) is 0 Å². The van der Waals surface area contributed by atoms with Crippen molar-refractivity contribution in [2.75, 3.05) is 13.7 Å². The van der Waals surface area contributed by atoms with Gasteiger partial charge in [-0.15, -0.1) is 0 Å². The first-order valence-electron chi connectivity index (χ1n) is 10.3. The molecular weight excluding hydrogens is 374 g/mol. The molecule has 0 aromatic heterocycles. The van der Waals surface area contributed by atoms with Gasteiger partial charge in [-0.3, -0.25) is 0 Å². The minimum atomic E-state index is 0.0693. The molecule has 0 saturated heterocycles. The van der Waals surface area contributed by atoms with E-state index < -0.39 is 0 Å². The minimum Gasteiger partial charge on any atom is -0.496 e. The standard InChI is InChI=1S/C26H27NO3/c1-19-24(27-30-26(19)16-20-9-4-3-5-10-20)18-29-17-21-11-8-12-22(15-21)23-13-6-7-14-25(23)28-2/h3-15,19,26H,16-18H2,1-2H3. The summed E-state index contributed by atoms with van der Waals surface area (Å²) in [6, 6.07) is 26.8. The van der Waals surface area contributed by atoms with Crippen LogP contribution in [0.1, 0.15) is 18.1 Å². The third-order valence-corrected chi connectivity index (χ3v) is 5.53. The van der Waals surface area contributed by atoms with Gasteiger partial charge >= 0.3 is 0 Å². The fraction of sp³-hybridized carbons (Fsp3) is 0.269. The topological polar surface area (TPSA) is 40.0 Å². The third-order valence-electron chi connectivity index (χ3n) is 5.53. The highest BCUT2D eigenvalue weighted by Crippen LogP contribution is 2.30. The van der Waals surface area contributed by atoms with Crippen LogP contribution in [0.5, 0.6) is 5.75 Å². The summed E-state index contributed by atoms with van der Waals surface area (Å²) in [7, 11) is 1.70. The Balaban J connectivity index is 1.33. The monoisotopic (exact) mass is 401 g/mol. The van der Waals surface area contributed by atoms with E-state index in [4.69, 9.17) is 14.3 Å². The van der Waals surface area contributed by atoms with Gasteiger partial charge in [-0.2, -0.15) is 0 Å². The number of nitrogens with zero attached hydrogens (tertiary/aromatic N) is 1. The Bertz CT molecular complexity index is 1000. The molecule has 4 nitrogen and oxygen atoms in total. The SMILES string of the molecule is COc1ccccc1-c1cccc(COCC2=NOC(Cc3ccccc3)C2C)c1. The predicted molar refractivity (Wildman–Crippen MR) is 120 cm³/mol. The lowest BCUT2D eigenvalue weighted by Gasteiger charge is -2.15. The molecule has 4 rings (SSSR count). The number of hydrogen-bond acceptors (Lipinski definition) is 4. The van der Waals surface area contributed by atoms with Crippen LogP contribution in [0.2, 0.25) is 0 Å². The van der Waals surface area contributed by atoms with Gasteiger partial charge in [0.15, 0.2) is 0 Å². The smallest absolute Gasteiger partial charge is 0.139 e. The fourth-order valence-corrected chi connectivity index (χ4v) is 3.73. The van der Waals surface area contributed by atoms with E-state index in [9.17, 15) is 0 Å². The zero-order valence-corrected chi connectivity index (χ0v) is 17.5. The molecule has 154 valence electrons. The zero-order valence-electron chi connectivity index (χ0n) is 17.5. The lowest BCUT2D eigenvalue weighted by atomic mass is 9.94. The van der Waals surface area contributed by atoms with Gasteiger partial charge in [0.05, 0.1) is 26.0 Å². The van der Waals surface area contributed by atoms with Crippen molar-refractivity contribution < 1.29 is 14.3 Å². The van der Waals surface area contributed by atoms with Gasteiger partial charge in [-0.1, -0.05) is 78.8 Å². The molecule has 30 heavy (non-hydrogen) atoms. The van der Waals surface area contributed by atoms with Crippen LogP contribution in [0.15, 0.2) is 84.0 Å². The first-order chi connectivity index (χ1) is 14.7. The van der Waals surface area contributed by atoms with E-state index in [0.29, 0.717) is 13.2 Å². The molecule has 0 saturated carbocycles. The van der Waals surface area contributed by atoms with Crippen molar-refractivity contribution >= 4 is 5.71 Å². The molecule has 1 aliphatic heterocycles. The second-order valence-electron chi connectivity index (χ2n) is 7.60. The van der Waals surface area contributed by atoms with Crippen LogP contribution in [-0.4, -0.2) is 25.5 Å². The maximum atomic E-state index is 5.98. The Morgan fingerprint density at radius 3 is 2.47 bits per heavy atom. The van der Waals surface area contributed by atoms with E-state index in [1.165, 1.54) is 5.56 Å². The predicted octanol–water partition coefficient (Wildman–Crippen LogP) is 5.51. The largest absolute Gasteiger partial charge is 0.496 e. The second-order valence-corrected chi connectivity index (χ2v) is 7.60. The van der Waals surface area contributed by atoms with Gasteiger partial charge in [0, 0.05) is 17.9 Å². The van der Waals surface area contributed by atoms with Crippen LogP contribution >= 0.6 is 0 Å². The number of hydrogen-bond donors (Lipinski definition) is 0. The Hall–Kier alpha value is -3.11. The summed E-state index contributed by atoms with van der Waals surface area (Å²) in [4.78, 5) is 5.68. The summed E-state index contributed by atoms with van der Waals surface area (Å²) in [5, 5.41) is 4.29. The van der Waals surface area contributed by atoms with Crippen LogP contribution in [0.3, 0.4) is 0 Å². The molecule has 0 fully saturated rings. The lowest BCUT2D eigenvalue weighted by Crippen LogP contribution is -2.25. The molecule has 3 aromatic rings. The van der Waals surface area contributed by atoms with Crippen LogP contribution in [0, 0.1) is 5.92 Å². The summed E-state index contributed by atoms with van der Waals surface area (Å²) < 4.78 is 11.5. The molecule has 0 N–H and O–H groups in total. The normalized spacial score (nSPS) is 18.0. The van der Waals surface area contributed by atoms with Crippen LogP contribution in [0.25, 0.3) is 11.1 Å². The molecule has 1 heterocycles. The highest BCUT2D eigenvalue weighted by molar-refractivity contribution is 5.88. The van der Waals surface area contributed by atoms with Gasteiger partial charge in [-0.05, 0) is 28.8 Å². The minimum absolute atomic E-state index is 0.0693. The summed E-state index contributed by atoms with van der Waals surface area (Å²) >= 11 is 0. The highest BCUT2D eigenvalue weighted by atomic mass is 16.6. The molecule has 4 heteroatoms. The molecule has 2 atom stereocenters. The van der Waals surface area contributed by atoms with Crippen molar-refractivity contribution in [3.05, 3.63) is 90.0 Å².